The molecule has 1 saturated carbocycles. The summed E-state index contributed by atoms with van der Waals surface area (Å²) >= 11 is 0. The summed E-state index contributed by atoms with van der Waals surface area (Å²) in [6.07, 6.45) is 10.2. The molecule has 1 amide bonds. The van der Waals surface area contributed by atoms with Crippen LogP contribution in [0, 0.1) is 0 Å². The molecule has 20 heavy (non-hydrogen) atoms. The molecular formula is C16H29N3O. The first-order valence-corrected chi connectivity index (χ1v) is 8.57. The first-order chi connectivity index (χ1) is 9.81. The first kappa shape index (κ1) is 14.3. The van der Waals surface area contributed by atoms with E-state index >= 15 is 0 Å². The van der Waals surface area contributed by atoms with Crippen LogP contribution in [-0.2, 0) is 4.79 Å². The highest BCUT2D eigenvalue weighted by Crippen LogP contribution is 2.21. The third-order valence-corrected chi connectivity index (χ3v) is 5.30. The summed E-state index contributed by atoms with van der Waals surface area (Å²) in [5.41, 5.74) is 0. The Hall–Kier alpha value is -0.610. The molecule has 2 heterocycles. The molecule has 0 aromatic heterocycles. The topological polar surface area (TPSA) is 35.6 Å². The van der Waals surface area contributed by atoms with Crippen molar-refractivity contribution in [1.82, 2.24) is 15.1 Å². The molecule has 3 rings (SSSR count). The minimum atomic E-state index is 0.247. The number of amides is 1. The molecular weight excluding hydrogens is 250 g/mol. The molecule has 3 aliphatic rings. The number of carbonyl (C=O) groups excluding carboxylic acids is 1. The van der Waals surface area contributed by atoms with Gasteiger partial charge in [0.2, 0.25) is 5.91 Å². The maximum absolute atomic E-state index is 12.0. The maximum Gasteiger partial charge on any atom is 0.234 e. The van der Waals surface area contributed by atoms with E-state index < -0.39 is 0 Å². The largest absolute Gasteiger partial charge is 0.352 e. The van der Waals surface area contributed by atoms with Gasteiger partial charge in [-0.3, -0.25) is 9.69 Å². The van der Waals surface area contributed by atoms with E-state index in [0.717, 1.165) is 19.1 Å². The number of rotatable bonds is 4. The first-order valence-electron chi connectivity index (χ1n) is 8.57. The molecule has 0 aromatic carbocycles. The van der Waals surface area contributed by atoms with Crippen molar-refractivity contribution in [3.63, 3.8) is 0 Å². The van der Waals surface area contributed by atoms with E-state index in [1.807, 2.05) is 0 Å². The van der Waals surface area contributed by atoms with Crippen LogP contribution in [0.25, 0.3) is 0 Å². The summed E-state index contributed by atoms with van der Waals surface area (Å²) < 4.78 is 0. The predicted molar refractivity (Wildman–Crippen MR) is 80.7 cm³/mol. The molecule has 114 valence electrons. The number of hydrogen-bond donors (Lipinski definition) is 1. The van der Waals surface area contributed by atoms with Crippen molar-refractivity contribution >= 4 is 5.91 Å². The van der Waals surface area contributed by atoms with Gasteiger partial charge in [-0.1, -0.05) is 12.8 Å². The number of hydrogen-bond acceptors (Lipinski definition) is 3. The van der Waals surface area contributed by atoms with Crippen molar-refractivity contribution < 1.29 is 4.79 Å². The number of nitrogens with one attached hydrogen (secondary N) is 1. The van der Waals surface area contributed by atoms with Crippen LogP contribution in [0.3, 0.4) is 0 Å². The molecule has 0 atom stereocenters. The Morgan fingerprint density at radius 1 is 0.900 bits per heavy atom. The Morgan fingerprint density at radius 3 is 2.20 bits per heavy atom. The highest BCUT2D eigenvalue weighted by Gasteiger charge is 2.27. The summed E-state index contributed by atoms with van der Waals surface area (Å²) in [7, 11) is 0. The van der Waals surface area contributed by atoms with Crippen molar-refractivity contribution in [3.8, 4) is 0 Å². The van der Waals surface area contributed by atoms with E-state index in [4.69, 9.17) is 0 Å². The Bertz CT molecular complexity index is 314. The van der Waals surface area contributed by atoms with Crippen molar-refractivity contribution in [2.45, 2.75) is 63.5 Å². The van der Waals surface area contributed by atoms with E-state index in [-0.39, 0.29) is 5.91 Å². The van der Waals surface area contributed by atoms with Crippen LogP contribution in [0.4, 0.5) is 0 Å². The van der Waals surface area contributed by atoms with Crippen LogP contribution >= 0.6 is 0 Å². The van der Waals surface area contributed by atoms with Gasteiger partial charge in [-0.05, 0) is 51.6 Å². The van der Waals surface area contributed by atoms with Gasteiger partial charge in [-0.15, -0.1) is 0 Å². The quantitative estimate of drug-likeness (QED) is 0.849. The molecule has 3 fully saturated rings. The van der Waals surface area contributed by atoms with Crippen molar-refractivity contribution in [2.24, 2.45) is 0 Å². The van der Waals surface area contributed by atoms with Gasteiger partial charge in [0.05, 0.1) is 6.54 Å². The smallest absolute Gasteiger partial charge is 0.234 e. The van der Waals surface area contributed by atoms with Crippen molar-refractivity contribution in [3.05, 3.63) is 0 Å². The molecule has 2 aliphatic heterocycles. The number of nitrogens with zero attached hydrogens (tertiary/aromatic N) is 2. The lowest BCUT2D eigenvalue weighted by Gasteiger charge is -2.36. The highest BCUT2D eigenvalue weighted by atomic mass is 16.2. The van der Waals surface area contributed by atoms with Crippen LogP contribution < -0.4 is 5.32 Å². The SMILES string of the molecule is O=C(CN1CCC(N2CCCC2)CC1)NC1CCCC1. The van der Waals surface area contributed by atoms with Gasteiger partial charge in [0.25, 0.3) is 0 Å². The fourth-order valence-corrected chi connectivity index (χ4v) is 4.10. The zero-order valence-corrected chi connectivity index (χ0v) is 12.6. The molecule has 2 saturated heterocycles. The molecule has 1 aliphatic carbocycles. The third-order valence-electron chi connectivity index (χ3n) is 5.30. The zero-order valence-electron chi connectivity index (χ0n) is 12.6. The van der Waals surface area contributed by atoms with Gasteiger partial charge < -0.3 is 10.2 Å². The summed E-state index contributed by atoms with van der Waals surface area (Å²) in [5.74, 6) is 0.247. The molecule has 0 bridgehead atoms. The van der Waals surface area contributed by atoms with E-state index in [2.05, 4.69) is 15.1 Å². The molecule has 0 spiro atoms. The monoisotopic (exact) mass is 279 g/mol. The number of carbonyl (C=O) groups is 1. The molecule has 0 aromatic rings. The average Bonchev–Trinajstić information content (AvgIpc) is 3.12. The van der Waals surface area contributed by atoms with Crippen molar-refractivity contribution in [1.29, 1.82) is 0 Å². The molecule has 0 unspecified atom stereocenters. The zero-order chi connectivity index (χ0) is 13.8. The Kier molecular flexibility index (Phi) is 4.94. The second-order valence-electron chi connectivity index (χ2n) is 6.80. The highest BCUT2D eigenvalue weighted by molar-refractivity contribution is 5.78. The van der Waals surface area contributed by atoms with Gasteiger partial charge in [0, 0.05) is 25.2 Å². The second kappa shape index (κ2) is 6.90. The van der Waals surface area contributed by atoms with E-state index in [1.165, 1.54) is 64.5 Å². The standard InChI is InChI=1S/C16H29N3O/c20-16(17-14-5-1-2-6-14)13-18-11-7-15(8-12-18)19-9-3-4-10-19/h14-15H,1-13H2,(H,17,20). The summed E-state index contributed by atoms with van der Waals surface area (Å²) in [4.78, 5) is 17.0. The lowest BCUT2D eigenvalue weighted by Crippen LogP contribution is -2.47. The van der Waals surface area contributed by atoms with Crippen LogP contribution in [0.1, 0.15) is 51.4 Å². The van der Waals surface area contributed by atoms with Crippen molar-refractivity contribution in [2.75, 3.05) is 32.7 Å². The van der Waals surface area contributed by atoms with Gasteiger partial charge in [-0.2, -0.15) is 0 Å². The maximum atomic E-state index is 12.0. The minimum Gasteiger partial charge on any atom is -0.352 e. The molecule has 1 N–H and O–H groups in total. The second-order valence-corrected chi connectivity index (χ2v) is 6.80. The predicted octanol–water partition coefficient (Wildman–Crippen LogP) is 1.61. The average molecular weight is 279 g/mol. The van der Waals surface area contributed by atoms with E-state index in [9.17, 15) is 4.79 Å². The Balaban J connectivity index is 1.36. The lowest BCUT2D eigenvalue weighted by molar-refractivity contribution is -0.123. The third kappa shape index (κ3) is 3.73. The Morgan fingerprint density at radius 2 is 1.55 bits per heavy atom. The fraction of sp³-hybridized carbons (Fsp3) is 0.938. The summed E-state index contributed by atoms with van der Waals surface area (Å²) in [6.45, 7) is 5.40. The normalized spacial score (nSPS) is 27.2. The molecule has 4 nitrogen and oxygen atoms in total. The van der Waals surface area contributed by atoms with E-state index in [0.29, 0.717) is 12.6 Å². The van der Waals surface area contributed by atoms with Crippen LogP contribution in [0.15, 0.2) is 0 Å². The summed E-state index contributed by atoms with van der Waals surface area (Å²) in [5, 5.41) is 3.20. The number of likely N-dealkylation sites (tertiary alicyclic amines) is 2. The fourth-order valence-electron chi connectivity index (χ4n) is 4.10. The van der Waals surface area contributed by atoms with Gasteiger partial charge >= 0.3 is 0 Å². The van der Waals surface area contributed by atoms with Crippen LogP contribution in [0.2, 0.25) is 0 Å². The van der Waals surface area contributed by atoms with Gasteiger partial charge in [-0.25, -0.2) is 0 Å². The number of piperidine rings is 1. The van der Waals surface area contributed by atoms with Crippen LogP contribution in [0.5, 0.6) is 0 Å². The molecule has 0 radical (unpaired) electrons. The molecule has 4 heteroatoms. The Labute approximate surface area is 122 Å². The summed E-state index contributed by atoms with van der Waals surface area (Å²) in [6, 6.07) is 1.25. The van der Waals surface area contributed by atoms with E-state index in [1.54, 1.807) is 0 Å². The lowest BCUT2D eigenvalue weighted by atomic mass is 10.0. The minimum absolute atomic E-state index is 0.247. The van der Waals surface area contributed by atoms with Gasteiger partial charge in [0.1, 0.15) is 0 Å². The van der Waals surface area contributed by atoms with Crippen LogP contribution in [-0.4, -0.2) is 60.5 Å². The van der Waals surface area contributed by atoms with Gasteiger partial charge in [0.15, 0.2) is 0 Å².